The van der Waals surface area contributed by atoms with Gasteiger partial charge in [-0.15, -0.1) is 11.3 Å². The number of thiophene rings is 1. The zero-order valence-electron chi connectivity index (χ0n) is 19.3. The minimum Gasteiger partial charge on any atom is -0.494 e. The molecule has 0 saturated heterocycles. The van der Waals surface area contributed by atoms with E-state index in [9.17, 15) is 9.59 Å². The first-order chi connectivity index (χ1) is 16.5. The molecule has 1 aliphatic heterocycles. The van der Waals surface area contributed by atoms with Crippen LogP contribution in [0.4, 0.5) is 0 Å². The van der Waals surface area contributed by atoms with Crippen molar-refractivity contribution in [3.05, 3.63) is 83.2 Å². The zero-order chi connectivity index (χ0) is 24.1. The van der Waals surface area contributed by atoms with Gasteiger partial charge in [-0.05, 0) is 48.6 Å². The lowest BCUT2D eigenvalue weighted by molar-refractivity contribution is -0.140. The van der Waals surface area contributed by atoms with E-state index in [-0.39, 0.29) is 18.8 Å². The van der Waals surface area contributed by atoms with Crippen molar-refractivity contribution < 1.29 is 19.0 Å². The standard InChI is InChI=1S/C25H26N2O5S2/c1-4-11-31-18-9-7-17(8-10-18)22-21(24(29)32-13-12-30-3)16(2)26-25-27(22)23(28)20(34-25)15-19-6-5-14-33-19/h5-10,14-15,22H,4,11-13H2,1-3H3/b20-15+/t22-/m0/s1. The summed E-state index contributed by atoms with van der Waals surface area (Å²) in [6, 6.07) is 10.7. The van der Waals surface area contributed by atoms with Gasteiger partial charge in [-0.2, -0.15) is 0 Å². The molecule has 0 bridgehead atoms. The second-order valence-corrected chi connectivity index (χ2v) is 9.63. The maximum absolute atomic E-state index is 13.5. The third-order valence-corrected chi connectivity index (χ3v) is 7.05. The number of benzene rings is 1. The van der Waals surface area contributed by atoms with Gasteiger partial charge in [0, 0.05) is 12.0 Å². The first-order valence-corrected chi connectivity index (χ1v) is 12.7. The van der Waals surface area contributed by atoms with E-state index in [1.54, 1.807) is 29.9 Å². The number of esters is 1. The molecule has 3 aromatic rings. The Balaban J connectivity index is 1.83. The normalized spacial score (nSPS) is 15.7. The molecule has 0 saturated carbocycles. The maximum atomic E-state index is 13.5. The van der Waals surface area contributed by atoms with Crippen molar-refractivity contribution in [3.63, 3.8) is 0 Å². The van der Waals surface area contributed by atoms with Crippen molar-refractivity contribution in [1.29, 1.82) is 0 Å². The molecule has 7 nitrogen and oxygen atoms in total. The molecule has 0 radical (unpaired) electrons. The lowest BCUT2D eigenvalue weighted by atomic mass is 9.96. The summed E-state index contributed by atoms with van der Waals surface area (Å²) >= 11 is 2.87. The van der Waals surface area contributed by atoms with Gasteiger partial charge in [-0.3, -0.25) is 9.36 Å². The van der Waals surface area contributed by atoms with Crippen molar-refractivity contribution in [2.45, 2.75) is 26.3 Å². The van der Waals surface area contributed by atoms with Crippen molar-refractivity contribution in [2.75, 3.05) is 26.9 Å². The van der Waals surface area contributed by atoms with Crippen LogP contribution in [0.3, 0.4) is 0 Å². The number of methoxy groups -OCH3 is 1. The predicted octanol–water partition coefficient (Wildman–Crippen LogP) is 3.28. The number of ether oxygens (including phenoxy) is 3. The average molecular weight is 499 g/mol. The summed E-state index contributed by atoms with van der Waals surface area (Å²) in [4.78, 5) is 32.8. The minimum atomic E-state index is -0.656. The first-order valence-electron chi connectivity index (χ1n) is 11.0. The van der Waals surface area contributed by atoms with E-state index in [1.165, 1.54) is 11.3 Å². The van der Waals surface area contributed by atoms with E-state index in [4.69, 9.17) is 14.2 Å². The molecule has 0 amide bonds. The van der Waals surface area contributed by atoms with Gasteiger partial charge in [0.05, 0.1) is 35.1 Å². The minimum absolute atomic E-state index is 0.116. The number of hydrogen-bond acceptors (Lipinski definition) is 8. The summed E-state index contributed by atoms with van der Waals surface area (Å²) < 4.78 is 18.3. The van der Waals surface area contributed by atoms with Crippen molar-refractivity contribution in [1.82, 2.24) is 4.57 Å². The van der Waals surface area contributed by atoms with Crippen LogP contribution in [0, 0.1) is 0 Å². The number of carbonyl (C=O) groups excluding carboxylic acids is 1. The predicted molar refractivity (Wildman–Crippen MR) is 133 cm³/mol. The molecule has 0 fully saturated rings. The first kappa shape index (κ1) is 24.1. The number of aromatic nitrogens is 1. The number of rotatable bonds is 9. The molecule has 0 spiro atoms. The van der Waals surface area contributed by atoms with Gasteiger partial charge < -0.3 is 14.2 Å². The Hall–Kier alpha value is -3.01. The smallest absolute Gasteiger partial charge is 0.338 e. The Bertz CT molecular complexity index is 1350. The highest BCUT2D eigenvalue weighted by atomic mass is 32.1. The highest BCUT2D eigenvalue weighted by Gasteiger charge is 2.33. The number of fused-ring (bicyclic) bond motifs is 1. The fraction of sp³-hybridized carbons (Fsp3) is 0.320. The van der Waals surface area contributed by atoms with Crippen molar-refractivity contribution >= 4 is 34.7 Å². The summed E-state index contributed by atoms with van der Waals surface area (Å²) in [5, 5.41) is 1.96. The monoisotopic (exact) mass is 498 g/mol. The second kappa shape index (κ2) is 10.9. The molecular weight excluding hydrogens is 472 g/mol. The Morgan fingerprint density at radius 2 is 1.97 bits per heavy atom. The Morgan fingerprint density at radius 3 is 2.65 bits per heavy atom. The van der Waals surface area contributed by atoms with Gasteiger partial charge in [0.25, 0.3) is 5.56 Å². The molecule has 1 atom stereocenters. The third-order valence-electron chi connectivity index (χ3n) is 5.25. The van der Waals surface area contributed by atoms with Crippen LogP contribution in [-0.2, 0) is 14.3 Å². The van der Waals surface area contributed by atoms with E-state index in [0.29, 0.717) is 27.2 Å². The van der Waals surface area contributed by atoms with Crippen LogP contribution in [0.2, 0.25) is 0 Å². The molecule has 0 aliphatic carbocycles. The lowest BCUT2D eigenvalue weighted by Gasteiger charge is -2.25. The highest BCUT2D eigenvalue weighted by Crippen LogP contribution is 2.31. The molecule has 178 valence electrons. The summed E-state index contributed by atoms with van der Waals surface area (Å²) in [5.41, 5.74) is 1.46. The number of carbonyl (C=O) groups is 1. The van der Waals surface area contributed by atoms with Gasteiger partial charge >= 0.3 is 5.97 Å². The van der Waals surface area contributed by atoms with Crippen LogP contribution in [0.1, 0.15) is 36.8 Å². The van der Waals surface area contributed by atoms with E-state index in [2.05, 4.69) is 4.99 Å². The van der Waals surface area contributed by atoms with Gasteiger partial charge in [-0.1, -0.05) is 36.5 Å². The summed E-state index contributed by atoms with van der Waals surface area (Å²) in [6.45, 7) is 4.84. The van der Waals surface area contributed by atoms with E-state index in [0.717, 1.165) is 22.6 Å². The van der Waals surface area contributed by atoms with Crippen LogP contribution in [0.25, 0.3) is 6.08 Å². The van der Waals surface area contributed by atoms with E-state index in [1.807, 2.05) is 54.8 Å². The lowest BCUT2D eigenvalue weighted by Crippen LogP contribution is -2.40. The Labute approximate surface area is 205 Å². The molecule has 4 rings (SSSR count). The van der Waals surface area contributed by atoms with Crippen LogP contribution < -0.4 is 19.6 Å². The summed E-state index contributed by atoms with van der Waals surface area (Å²) in [7, 11) is 1.54. The number of allylic oxidation sites excluding steroid dienone is 1. The SMILES string of the molecule is CCCOc1ccc([C@H]2C(C(=O)OCCOC)=C(C)N=c3s/c(=C/c4cccs4)c(=O)n32)cc1. The zero-order valence-corrected chi connectivity index (χ0v) is 20.9. The maximum Gasteiger partial charge on any atom is 0.338 e. The topological polar surface area (TPSA) is 79.1 Å². The second-order valence-electron chi connectivity index (χ2n) is 7.64. The van der Waals surface area contributed by atoms with Gasteiger partial charge in [0.2, 0.25) is 0 Å². The molecule has 9 heteroatoms. The van der Waals surface area contributed by atoms with Gasteiger partial charge in [0.15, 0.2) is 4.80 Å². The summed E-state index contributed by atoms with van der Waals surface area (Å²) in [5.74, 6) is 0.225. The van der Waals surface area contributed by atoms with Crippen molar-refractivity contribution in [2.24, 2.45) is 4.99 Å². The molecule has 0 N–H and O–H groups in total. The van der Waals surface area contributed by atoms with E-state index >= 15 is 0 Å². The van der Waals surface area contributed by atoms with Crippen LogP contribution >= 0.6 is 22.7 Å². The fourth-order valence-corrected chi connectivity index (χ4v) is 5.43. The molecule has 1 aliphatic rings. The summed E-state index contributed by atoms with van der Waals surface area (Å²) in [6.07, 6.45) is 2.77. The Morgan fingerprint density at radius 1 is 1.18 bits per heavy atom. The molecule has 34 heavy (non-hydrogen) atoms. The highest BCUT2D eigenvalue weighted by molar-refractivity contribution is 7.11. The van der Waals surface area contributed by atoms with Crippen LogP contribution in [0.15, 0.2) is 62.8 Å². The molecule has 0 unspecified atom stereocenters. The number of thiazole rings is 1. The third kappa shape index (κ3) is 5.06. The molecule has 1 aromatic carbocycles. The van der Waals surface area contributed by atoms with Crippen LogP contribution in [-0.4, -0.2) is 37.5 Å². The number of hydrogen-bond donors (Lipinski definition) is 0. The fourth-order valence-electron chi connectivity index (χ4n) is 3.66. The van der Waals surface area contributed by atoms with Gasteiger partial charge in [-0.25, -0.2) is 9.79 Å². The van der Waals surface area contributed by atoms with Crippen molar-refractivity contribution in [3.8, 4) is 5.75 Å². The molecular formula is C25H26N2O5S2. The molecule has 2 aromatic heterocycles. The van der Waals surface area contributed by atoms with Gasteiger partial charge in [0.1, 0.15) is 12.4 Å². The molecule has 3 heterocycles. The van der Waals surface area contributed by atoms with Crippen LogP contribution in [0.5, 0.6) is 5.75 Å². The quantitative estimate of drug-likeness (QED) is 0.334. The number of nitrogens with zero attached hydrogens (tertiary/aromatic N) is 2. The largest absolute Gasteiger partial charge is 0.494 e. The van der Waals surface area contributed by atoms with E-state index < -0.39 is 12.0 Å². The Kier molecular flexibility index (Phi) is 7.77. The average Bonchev–Trinajstić information content (AvgIpc) is 3.45.